The van der Waals surface area contributed by atoms with E-state index < -0.39 is 0 Å². The van der Waals surface area contributed by atoms with Crippen LogP contribution in [0.4, 0.5) is 11.4 Å². The maximum absolute atomic E-state index is 12.4. The van der Waals surface area contributed by atoms with Crippen LogP contribution in [0.15, 0.2) is 42.5 Å². The van der Waals surface area contributed by atoms with Crippen molar-refractivity contribution in [2.75, 3.05) is 30.9 Å². The van der Waals surface area contributed by atoms with Gasteiger partial charge in [0.25, 0.3) is 5.91 Å². The van der Waals surface area contributed by atoms with Gasteiger partial charge in [-0.2, -0.15) is 0 Å². The van der Waals surface area contributed by atoms with Crippen molar-refractivity contribution in [1.82, 2.24) is 5.32 Å². The van der Waals surface area contributed by atoms with Crippen LogP contribution >= 0.6 is 0 Å². The van der Waals surface area contributed by atoms with E-state index in [0.29, 0.717) is 5.56 Å². The Morgan fingerprint density at radius 2 is 2.00 bits per heavy atom. The molecule has 2 aromatic rings. The van der Waals surface area contributed by atoms with Crippen LogP contribution in [0.1, 0.15) is 21.5 Å². The fraction of sp³-hybridized carbons (Fsp3) is 0.278. The Kier molecular flexibility index (Phi) is 4.11. The highest BCUT2D eigenvalue weighted by atomic mass is 16.1. The lowest BCUT2D eigenvalue weighted by molar-refractivity contribution is 0.102. The van der Waals surface area contributed by atoms with Crippen LogP contribution in [0.5, 0.6) is 0 Å². The number of anilines is 2. The molecule has 3 rings (SSSR count). The Hall–Kier alpha value is -2.33. The van der Waals surface area contributed by atoms with Gasteiger partial charge in [-0.1, -0.05) is 12.1 Å². The number of benzene rings is 2. The van der Waals surface area contributed by atoms with E-state index in [4.69, 9.17) is 0 Å². The van der Waals surface area contributed by atoms with E-state index in [2.05, 4.69) is 22.8 Å². The molecule has 0 unspecified atom stereocenters. The molecule has 0 aromatic heterocycles. The summed E-state index contributed by atoms with van der Waals surface area (Å²) in [6, 6.07) is 13.8. The summed E-state index contributed by atoms with van der Waals surface area (Å²) in [4.78, 5) is 14.4. The molecule has 0 atom stereocenters. The minimum Gasteiger partial charge on any atom is -0.378 e. The van der Waals surface area contributed by atoms with Crippen molar-refractivity contribution in [2.45, 2.75) is 13.0 Å². The van der Waals surface area contributed by atoms with E-state index in [-0.39, 0.29) is 5.91 Å². The molecule has 1 amide bonds. The van der Waals surface area contributed by atoms with Gasteiger partial charge in [0.15, 0.2) is 0 Å². The number of rotatable bonds is 3. The molecular weight excluding hydrogens is 274 g/mol. The molecule has 1 heterocycles. The minimum absolute atomic E-state index is 0.0765. The minimum atomic E-state index is -0.0765. The second-order valence-electron chi connectivity index (χ2n) is 5.81. The third-order valence-electron chi connectivity index (χ3n) is 3.98. The summed E-state index contributed by atoms with van der Waals surface area (Å²) < 4.78 is 0. The Bertz CT molecular complexity index is 694. The first-order valence-corrected chi connectivity index (χ1v) is 7.55. The molecule has 0 saturated carbocycles. The zero-order valence-corrected chi connectivity index (χ0v) is 13.0. The highest BCUT2D eigenvalue weighted by Gasteiger charge is 2.11. The maximum Gasteiger partial charge on any atom is 0.255 e. The Morgan fingerprint density at radius 1 is 1.14 bits per heavy atom. The quantitative estimate of drug-likeness (QED) is 0.915. The van der Waals surface area contributed by atoms with Gasteiger partial charge in [0.1, 0.15) is 0 Å². The van der Waals surface area contributed by atoms with Gasteiger partial charge in [-0.3, -0.25) is 4.79 Å². The highest BCUT2D eigenvalue weighted by Crippen LogP contribution is 2.20. The lowest BCUT2D eigenvalue weighted by Gasteiger charge is -2.18. The van der Waals surface area contributed by atoms with Crippen molar-refractivity contribution in [3.05, 3.63) is 59.2 Å². The van der Waals surface area contributed by atoms with Crippen LogP contribution in [-0.2, 0) is 13.0 Å². The number of carbonyl (C=O) groups is 1. The molecule has 0 spiro atoms. The molecule has 0 bridgehead atoms. The van der Waals surface area contributed by atoms with Crippen LogP contribution in [-0.4, -0.2) is 26.5 Å². The lowest BCUT2D eigenvalue weighted by atomic mass is 10.0. The molecule has 0 aliphatic carbocycles. The summed E-state index contributed by atoms with van der Waals surface area (Å²) >= 11 is 0. The van der Waals surface area contributed by atoms with Crippen LogP contribution in [0.25, 0.3) is 0 Å². The van der Waals surface area contributed by atoms with Crippen molar-refractivity contribution in [3.63, 3.8) is 0 Å². The molecule has 1 aliphatic heterocycles. The summed E-state index contributed by atoms with van der Waals surface area (Å²) in [5, 5.41) is 6.34. The Balaban J connectivity index is 1.78. The largest absolute Gasteiger partial charge is 0.378 e. The molecule has 0 saturated heterocycles. The number of amides is 1. The Morgan fingerprint density at radius 3 is 2.82 bits per heavy atom. The second kappa shape index (κ2) is 6.20. The van der Waals surface area contributed by atoms with Crippen LogP contribution in [0, 0.1) is 0 Å². The normalized spacial score (nSPS) is 13.4. The first-order chi connectivity index (χ1) is 10.6. The summed E-state index contributed by atoms with van der Waals surface area (Å²) in [5.41, 5.74) is 5.17. The second-order valence-corrected chi connectivity index (χ2v) is 5.81. The molecular formula is C18H21N3O. The molecule has 4 heteroatoms. The van der Waals surface area contributed by atoms with Gasteiger partial charge in [0.2, 0.25) is 0 Å². The fourth-order valence-corrected chi connectivity index (χ4v) is 2.69. The highest BCUT2D eigenvalue weighted by molar-refractivity contribution is 6.04. The molecule has 0 fully saturated rings. The monoisotopic (exact) mass is 295 g/mol. The van der Waals surface area contributed by atoms with E-state index in [1.165, 1.54) is 11.1 Å². The number of hydrogen-bond donors (Lipinski definition) is 2. The lowest BCUT2D eigenvalue weighted by Crippen LogP contribution is -2.23. The molecule has 4 nitrogen and oxygen atoms in total. The van der Waals surface area contributed by atoms with Gasteiger partial charge in [0.05, 0.1) is 0 Å². The van der Waals surface area contributed by atoms with Crippen molar-refractivity contribution in [3.8, 4) is 0 Å². The summed E-state index contributed by atoms with van der Waals surface area (Å²) in [5.74, 6) is -0.0765. The SMILES string of the molecule is CN(C)c1cccc(C(=O)Nc2ccc3c(c2)CNCC3)c1. The van der Waals surface area contributed by atoms with Gasteiger partial charge in [0, 0.05) is 37.6 Å². The van der Waals surface area contributed by atoms with Gasteiger partial charge >= 0.3 is 0 Å². The van der Waals surface area contributed by atoms with Crippen molar-refractivity contribution < 1.29 is 4.79 Å². The van der Waals surface area contributed by atoms with Gasteiger partial charge in [-0.15, -0.1) is 0 Å². The number of fused-ring (bicyclic) bond motifs is 1. The molecule has 114 valence electrons. The number of hydrogen-bond acceptors (Lipinski definition) is 3. The smallest absolute Gasteiger partial charge is 0.255 e. The number of carbonyl (C=O) groups excluding carboxylic acids is 1. The molecule has 2 aromatic carbocycles. The zero-order valence-electron chi connectivity index (χ0n) is 13.0. The first-order valence-electron chi connectivity index (χ1n) is 7.55. The third-order valence-corrected chi connectivity index (χ3v) is 3.98. The maximum atomic E-state index is 12.4. The van der Waals surface area contributed by atoms with Crippen molar-refractivity contribution >= 4 is 17.3 Å². The first kappa shape index (κ1) is 14.6. The predicted octanol–water partition coefficient (Wildman–Crippen LogP) is 2.65. The number of nitrogens with zero attached hydrogens (tertiary/aromatic N) is 1. The van der Waals surface area contributed by atoms with Gasteiger partial charge in [-0.05, 0) is 54.4 Å². The Labute approximate surface area is 131 Å². The van der Waals surface area contributed by atoms with Crippen molar-refractivity contribution in [1.29, 1.82) is 0 Å². The fourth-order valence-electron chi connectivity index (χ4n) is 2.69. The van der Waals surface area contributed by atoms with Gasteiger partial charge < -0.3 is 15.5 Å². The molecule has 1 aliphatic rings. The van der Waals surface area contributed by atoms with E-state index in [0.717, 1.165) is 30.9 Å². The van der Waals surface area contributed by atoms with E-state index in [9.17, 15) is 4.79 Å². The molecule has 2 N–H and O–H groups in total. The van der Waals surface area contributed by atoms with E-state index >= 15 is 0 Å². The van der Waals surface area contributed by atoms with Crippen LogP contribution < -0.4 is 15.5 Å². The van der Waals surface area contributed by atoms with Crippen LogP contribution in [0.3, 0.4) is 0 Å². The topological polar surface area (TPSA) is 44.4 Å². The zero-order chi connectivity index (χ0) is 15.5. The van der Waals surface area contributed by atoms with Crippen LogP contribution in [0.2, 0.25) is 0 Å². The van der Waals surface area contributed by atoms with Crippen molar-refractivity contribution in [2.24, 2.45) is 0 Å². The average molecular weight is 295 g/mol. The average Bonchev–Trinajstić information content (AvgIpc) is 2.55. The standard InChI is InChI=1S/C18H21N3O/c1-21(2)17-5-3-4-14(11-17)18(22)20-16-7-6-13-8-9-19-12-15(13)10-16/h3-7,10-11,19H,8-9,12H2,1-2H3,(H,20,22). The predicted molar refractivity (Wildman–Crippen MR) is 90.6 cm³/mol. The molecule has 22 heavy (non-hydrogen) atoms. The van der Waals surface area contributed by atoms with Gasteiger partial charge in [-0.25, -0.2) is 0 Å². The number of nitrogens with one attached hydrogen (secondary N) is 2. The summed E-state index contributed by atoms with van der Waals surface area (Å²) in [6.45, 7) is 1.89. The third kappa shape index (κ3) is 3.12. The summed E-state index contributed by atoms with van der Waals surface area (Å²) in [7, 11) is 3.93. The summed E-state index contributed by atoms with van der Waals surface area (Å²) in [6.07, 6.45) is 1.05. The molecule has 0 radical (unpaired) electrons. The van der Waals surface area contributed by atoms with E-state index in [1.54, 1.807) is 0 Å². The van der Waals surface area contributed by atoms with E-state index in [1.807, 2.05) is 49.3 Å².